The second-order valence-corrected chi connectivity index (χ2v) is 5.36. The maximum absolute atomic E-state index is 11.9. The van der Waals surface area contributed by atoms with Crippen molar-refractivity contribution < 1.29 is 9.53 Å². The maximum atomic E-state index is 11.9. The van der Waals surface area contributed by atoms with Crippen LogP contribution in [-0.2, 0) is 16.1 Å². The van der Waals surface area contributed by atoms with Crippen LogP contribution in [0.25, 0.3) is 21.5 Å². The van der Waals surface area contributed by atoms with Crippen LogP contribution < -0.4 is 5.73 Å². The zero-order valence-electron chi connectivity index (χ0n) is 11.9. The summed E-state index contributed by atoms with van der Waals surface area (Å²) in [7, 11) is 0. The molecule has 2 aromatic rings. The van der Waals surface area contributed by atoms with Crippen molar-refractivity contribution in [3.63, 3.8) is 0 Å². The van der Waals surface area contributed by atoms with Gasteiger partial charge in [-0.05, 0) is 37.5 Å². The Morgan fingerprint density at radius 1 is 1.52 bits per heavy atom. The highest BCUT2D eigenvalue weighted by molar-refractivity contribution is 5.87. The number of carbonyl (C=O) groups is 1. The summed E-state index contributed by atoms with van der Waals surface area (Å²) in [5.41, 5.74) is 14.0. The minimum absolute atomic E-state index is 0.0209. The monoisotopic (exact) mass is 289 g/mol. The van der Waals surface area contributed by atoms with Crippen molar-refractivity contribution in [2.75, 3.05) is 5.73 Å². The summed E-state index contributed by atoms with van der Waals surface area (Å²) < 4.78 is 6.82. The molecule has 0 fully saturated rings. The van der Waals surface area contributed by atoms with Gasteiger partial charge in [-0.15, -0.1) is 0 Å². The minimum atomic E-state index is -0.565. The second kappa shape index (κ2) is 5.29. The van der Waals surface area contributed by atoms with E-state index in [1.807, 2.05) is 0 Å². The summed E-state index contributed by atoms with van der Waals surface area (Å²) in [5, 5.41) is 3.99. The molecular formula is C12H15N7O2. The first-order valence-electron chi connectivity index (χ1n) is 6.19. The van der Waals surface area contributed by atoms with E-state index >= 15 is 0 Å². The fourth-order valence-electron chi connectivity index (χ4n) is 1.82. The van der Waals surface area contributed by atoms with Gasteiger partial charge >= 0.3 is 5.97 Å². The lowest BCUT2D eigenvalue weighted by Crippen LogP contribution is -2.26. The smallest absolute Gasteiger partial charge is 0.326 e. The van der Waals surface area contributed by atoms with E-state index in [1.165, 1.54) is 0 Å². The van der Waals surface area contributed by atoms with Crippen molar-refractivity contribution in [2.24, 2.45) is 5.11 Å². The number of esters is 1. The molecule has 9 heteroatoms. The topological polar surface area (TPSA) is 132 Å². The molecule has 0 aliphatic heterocycles. The predicted octanol–water partition coefficient (Wildman–Crippen LogP) is 2.30. The minimum Gasteiger partial charge on any atom is -0.459 e. The van der Waals surface area contributed by atoms with Crippen LogP contribution in [0.15, 0.2) is 17.4 Å². The van der Waals surface area contributed by atoms with Crippen molar-refractivity contribution in [1.82, 2.24) is 14.5 Å². The van der Waals surface area contributed by atoms with E-state index in [-0.39, 0.29) is 18.3 Å². The molecule has 9 nitrogen and oxygen atoms in total. The number of nitrogen functional groups attached to an aromatic ring is 1. The van der Waals surface area contributed by atoms with Crippen molar-refractivity contribution in [1.29, 1.82) is 0 Å². The van der Waals surface area contributed by atoms with Crippen LogP contribution >= 0.6 is 0 Å². The Kier molecular flexibility index (Phi) is 3.68. The van der Waals surface area contributed by atoms with Gasteiger partial charge in [-0.2, -0.15) is 4.98 Å². The van der Waals surface area contributed by atoms with E-state index in [4.69, 9.17) is 16.0 Å². The van der Waals surface area contributed by atoms with Gasteiger partial charge in [-0.1, -0.05) is 0 Å². The van der Waals surface area contributed by atoms with Crippen molar-refractivity contribution in [2.45, 2.75) is 32.9 Å². The summed E-state index contributed by atoms with van der Waals surface area (Å²) in [5.74, 6) is -0.306. The summed E-state index contributed by atoms with van der Waals surface area (Å²) in [6, 6.07) is 1.66. The molecule has 2 N–H and O–H groups in total. The van der Waals surface area contributed by atoms with E-state index in [0.29, 0.717) is 11.0 Å². The predicted molar refractivity (Wildman–Crippen MR) is 76.6 cm³/mol. The SMILES string of the molecule is CC(C)(C)OC(=O)Cn1ccc2c(N=[N+]=[N-])nc(N)nc21. The molecule has 2 heterocycles. The van der Waals surface area contributed by atoms with Gasteiger partial charge < -0.3 is 15.0 Å². The number of fused-ring (bicyclic) bond motifs is 1. The molecule has 0 spiro atoms. The number of hydrogen-bond acceptors (Lipinski definition) is 6. The average Bonchev–Trinajstić information content (AvgIpc) is 2.70. The Balaban J connectivity index is 2.38. The number of aromatic nitrogens is 3. The van der Waals surface area contributed by atoms with Gasteiger partial charge in [0.05, 0.1) is 0 Å². The van der Waals surface area contributed by atoms with Gasteiger partial charge in [0.1, 0.15) is 23.6 Å². The molecule has 2 aromatic heterocycles. The Morgan fingerprint density at radius 2 is 2.24 bits per heavy atom. The van der Waals surface area contributed by atoms with Gasteiger partial charge in [0.25, 0.3) is 0 Å². The zero-order chi connectivity index (χ0) is 15.6. The summed E-state index contributed by atoms with van der Waals surface area (Å²) >= 11 is 0. The normalized spacial score (nSPS) is 11.2. The number of hydrogen-bond donors (Lipinski definition) is 1. The van der Waals surface area contributed by atoms with Gasteiger partial charge in [-0.3, -0.25) is 4.79 Å². The highest BCUT2D eigenvalue weighted by Gasteiger charge is 2.18. The van der Waals surface area contributed by atoms with Crippen LogP contribution in [0, 0.1) is 0 Å². The lowest BCUT2D eigenvalue weighted by atomic mass is 10.2. The number of carbonyl (C=O) groups excluding carboxylic acids is 1. The zero-order valence-corrected chi connectivity index (χ0v) is 11.9. The number of nitrogens with two attached hydrogens (primary N) is 1. The molecule has 0 unspecified atom stereocenters. The molecule has 21 heavy (non-hydrogen) atoms. The first kappa shape index (κ1) is 14.6. The van der Waals surface area contributed by atoms with E-state index < -0.39 is 11.6 Å². The molecule has 2 rings (SSSR count). The third-order valence-electron chi connectivity index (χ3n) is 2.47. The number of rotatable bonds is 3. The summed E-state index contributed by atoms with van der Waals surface area (Å²) in [6.45, 7) is 5.35. The van der Waals surface area contributed by atoms with E-state index in [2.05, 4.69) is 20.0 Å². The Hall–Kier alpha value is -2.80. The van der Waals surface area contributed by atoms with Crippen molar-refractivity contribution >= 4 is 28.8 Å². The molecule has 0 aromatic carbocycles. The molecule has 0 amide bonds. The fourth-order valence-corrected chi connectivity index (χ4v) is 1.82. The third-order valence-corrected chi connectivity index (χ3v) is 2.47. The highest BCUT2D eigenvalue weighted by atomic mass is 16.6. The molecule has 0 radical (unpaired) electrons. The molecule has 0 atom stereocenters. The number of anilines is 1. The maximum Gasteiger partial charge on any atom is 0.326 e. The first-order valence-corrected chi connectivity index (χ1v) is 6.19. The van der Waals surface area contributed by atoms with Gasteiger partial charge in [0.15, 0.2) is 0 Å². The standard InChI is InChI=1S/C12H15N7O2/c1-12(2,3)21-8(20)6-19-5-4-7-9(17-18-14)15-11(13)16-10(7)19/h4-5H,6H2,1-3H3,(H2,13,15,16). The van der Waals surface area contributed by atoms with Crippen LogP contribution in [0.5, 0.6) is 0 Å². The highest BCUT2D eigenvalue weighted by Crippen LogP contribution is 2.25. The number of azide groups is 1. The molecular weight excluding hydrogens is 274 g/mol. The van der Waals surface area contributed by atoms with Gasteiger partial charge in [0.2, 0.25) is 5.95 Å². The Morgan fingerprint density at radius 3 is 2.86 bits per heavy atom. The van der Waals surface area contributed by atoms with E-state index in [0.717, 1.165) is 0 Å². The Labute approximate surface area is 120 Å². The summed E-state index contributed by atoms with van der Waals surface area (Å²) in [6.07, 6.45) is 1.64. The van der Waals surface area contributed by atoms with Crippen molar-refractivity contribution in [3.8, 4) is 0 Å². The number of nitrogens with zero attached hydrogens (tertiary/aromatic N) is 6. The fraction of sp³-hybridized carbons (Fsp3) is 0.417. The summed E-state index contributed by atoms with van der Waals surface area (Å²) in [4.78, 5) is 22.5. The van der Waals surface area contributed by atoms with E-state index in [9.17, 15) is 4.79 Å². The molecule has 0 saturated heterocycles. The molecule has 0 aliphatic carbocycles. The first-order chi connectivity index (χ1) is 9.80. The van der Waals surface area contributed by atoms with Crippen LogP contribution in [-0.4, -0.2) is 26.1 Å². The van der Waals surface area contributed by atoms with E-state index in [1.54, 1.807) is 37.6 Å². The third kappa shape index (κ3) is 3.40. The molecule has 0 saturated carbocycles. The van der Waals surface area contributed by atoms with Crippen LogP contribution in [0.1, 0.15) is 20.8 Å². The lowest BCUT2D eigenvalue weighted by Gasteiger charge is -2.19. The van der Waals surface area contributed by atoms with Crippen LogP contribution in [0.3, 0.4) is 0 Å². The largest absolute Gasteiger partial charge is 0.459 e. The second-order valence-electron chi connectivity index (χ2n) is 5.36. The lowest BCUT2D eigenvalue weighted by molar-refractivity contribution is -0.155. The van der Waals surface area contributed by atoms with Gasteiger partial charge in [0, 0.05) is 16.5 Å². The van der Waals surface area contributed by atoms with Crippen LogP contribution in [0.4, 0.5) is 11.8 Å². The van der Waals surface area contributed by atoms with Crippen molar-refractivity contribution in [3.05, 3.63) is 22.7 Å². The average molecular weight is 289 g/mol. The Bertz CT molecular complexity index is 738. The number of ether oxygens (including phenoxy) is 1. The molecule has 0 bridgehead atoms. The molecule has 110 valence electrons. The van der Waals surface area contributed by atoms with Gasteiger partial charge in [-0.25, -0.2) is 4.98 Å². The quantitative estimate of drug-likeness (QED) is 0.400. The van der Waals surface area contributed by atoms with Crippen LogP contribution in [0.2, 0.25) is 0 Å². The molecule has 0 aliphatic rings.